The molecule has 0 saturated heterocycles. The van der Waals surface area contributed by atoms with Gasteiger partial charge in [0.25, 0.3) is 5.01 Å². The number of aryl methyl sites for hydroxylation is 1. The highest BCUT2D eigenvalue weighted by atomic mass is 127. The Labute approximate surface area is 222 Å². The third-order valence-electron chi connectivity index (χ3n) is 6.07. The summed E-state index contributed by atoms with van der Waals surface area (Å²) in [7, 11) is 0. The molecule has 1 aliphatic carbocycles. The first-order valence-corrected chi connectivity index (χ1v) is 13.2. The van der Waals surface area contributed by atoms with Crippen molar-refractivity contribution in [3.63, 3.8) is 0 Å². The van der Waals surface area contributed by atoms with Crippen LogP contribution in [0.15, 0.2) is 93.9 Å². The van der Waals surface area contributed by atoms with Gasteiger partial charge < -0.3 is 28.9 Å². The van der Waals surface area contributed by atoms with Crippen molar-refractivity contribution in [1.29, 1.82) is 0 Å². The van der Waals surface area contributed by atoms with Gasteiger partial charge in [0, 0.05) is 23.6 Å². The number of para-hydroxylation sites is 2. The van der Waals surface area contributed by atoms with Crippen LogP contribution in [0, 0.1) is 0 Å². The quantitative estimate of drug-likeness (QED) is 0.316. The molecule has 170 valence electrons. The van der Waals surface area contributed by atoms with Gasteiger partial charge in [-0.3, -0.25) is 0 Å². The van der Waals surface area contributed by atoms with Gasteiger partial charge in [0.05, 0.1) is 10.7 Å². The SMILES string of the molecule is CCN1C(=CC2=CC(=CC=Cc3sc4ccccc4[n+]3CC)CCC2)Sc2ccccc21.[I-]. The van der Waals surface area contributed by atoms with Crippen LogP contribution in [-0.2, 0) is 6.54 Å². The van der Waals surface area contributed by atoms with Crippen molar-refractivity contribution in [3.05, 3.63) is 94.0 Å². The minimum atomic E-state index is 0. The zero-order valence-corrected chi connectivity index (χ0v) is 22.9. The summed E-state index contributed by atoms with van der Waals surface area (Å²) in [5.41, 5.74) is 5.53. The molecule has 0 radical (unpaired) electrons. The molecule has 0 unspecified atom stereocenters. The highest BCUT2D eigenvalue weighted by molar-refractivity contribution is 8.03. The van der Waals surface area contributed by atoms with Crippen molar-refractivity contribution in [2.24, 2.45) is 0 Å². The Hall–Kier alpha value is -1.83. The van der Waals surface area contributed by atoms with Gasteiger partial charge in [0.2, 0.25) is 5.52 Å². The molecule has 1 aromatic heterocycles. The molecule has 3 aromatic rings. The second kappa shape index (κ2) is 11.1. The lowest BCUT2D eigenvalue weighted by molar-refractivity contribution is -0.665. The number of rotatable bonds is 5. The highest BCUT2D eigenvalue weighted by Crippen LogP contribution is 2.46. The predicted molar refractivity (Wildman–Crippen MR) is 140 cm³/mol. The molecule has 1 aliphatic heterocycles. The molecule has 2 aliphatic rings. The van der Waals surface area contributed by atoms with Crippen LogP contribution in [0.5, 0.6) is 0 Å². The molecule has 0 atom stereocenters. The Morgan fingerprint density at radius 1 is 1.03 bits per heavy atom. The number of allylic oxidation sites excluding steroid dienone is 6. The smallest absolute Gasteiger partial charge is 0.262 e. The van der Waals surface area contributed by atoms with Crippen molar-refractivity contribution in [2.45, 2.75) is 44.6 Å². The number of hydrogen-bond donors (Lipinski definition) is 0. The van der Waals surface area contributed by atoms with E-state index in [9.17, 15) is 0 Å². The Balaban J connectivity index is 0.00000259. The lowest BCUT2D eigenvalue weighted by atomic mass is 9.95. The number of anilines is 1. The van der Waals surface area contributed by atoms with Crippen molar-refractivity contribution >= 4 is 45.1 Å². The summed E-state index contributed by atoms with van der Waals surface area (Å²) in [6.45, 7) is 6.45. The highest BCUT2D eigenvalue weighted by Gasteiger charge is 2.23. The number of nitrogens with zero attached hydrogens (tertiary/aromatic N) is 2. The van der Waals surface area contributed by atoms with Crippen LogP contribution < -0.4 is 33.4 Å². The van der Waals surface area contributed by atoms with Crippen LogP contribution in [0.3, 0.4) is 0 Å². The maximum Gasteiger partial charge on any atom is 0.262 e. The number of fused-ring (bicyclic) bond motifs is 2. The van der Waals surface area contributed by atoms with Gasteiger partial charge in [-0.05, 0) is 68.5 Å². The van der Waals surface area contributed by atoms with Gasteiger partial charge in [-0.2, -0.15) is 4.57 Å². The lowest BCUT2D eigenvalue weighted by Gasteiger charge is -2.19. The summed E-state index contributed by atoms with van der Waals surface area (Å²) in [5, 5.41) is 2.66. The minimum Gasteiger partial charge on any atom is -1.00 e. The minimum absolute atomic E-state index is 0. The topological polar surface area (TPSA) is 7.12 Å². The van der Waals surface area contributed by atoms with E-state index in [-0.39, 0.29) is 24.0 Å². The lowest BCUT2D eigenvalue weighted by Crippen LogP contribution is -3.00. The van der Waals surface area contributed by atoms with Crippen molar-refractivity contribution < 1.29 is 28.5 Å². The molecule has 5 rings (SSSR count). The summed E-state index contributed by atoms with van der Waals surface area (Å²) in [4.78, 5) is 3.80. The molecule has 0 N–H and O–H groups in total. The molecule has 0 bridgehead atoms. The summed E-state index contributed by atoms with van der Waals surface area (Å²) in [6, 6.07) is 17.4. The van der Waals surface area contributed by atoms with Gasteiger partial charge in [-0.25, -0.2) is 0 Å². The first-order chi connectivity index (χ1) is 15.8. The van der Waals surface area contributed by atoms with E-state index in [4.69, 9.17) is 0 Å². The van der Waals surface area contributed by atoms with E-state index in [0.717, 1.165) is 25.9 Å². The van der Waals surface area contributed by atoms with E-state index < -0.39 is 0 Å². The third-order valence-corrected chi connectivity index (χ3v) is 8.31. The molecular formula is C28H29IN2S2. The molecule has 33 heavy (non-hydrogen) atoms. The first-order valence-electron chi connectivity index (χ1n) is 11.5. The number of thiazole rings is 1. The van der Waals surface area contributed by atoms with Crippen LogP contribution in [0.1, 0.15) is 38.1 Å². The number of hydrogen-bond acceptors (Lipinski definition) is 3. The van der Waals surface area contributed by atoms with Crippen LogP contribution in [0.25, 0.3) is 16.3 Å². The molecule has 0 saturated carbocycles. The molecule has 0 spiro atoms. The maximum absolute atomic E-state index is 2.43. The standard InChI is InChI=1S/C28H29N2S2.HI/c1-3-29-23-14-5-7-16-25(23)31-27(29)18-10-12-21-11-9-13-22(19-21)20-28-30(4-2)24-15-6-8-17-26(24)32-28;/h5-8,10,12,14-20H,3-4,9,11,13H2,1-2H3;1H/q+1;/p-1. The van der Waals surface area contributed by atoms with E-state index in [1.54, 1.807) is 0 Å². The summed E-state index contributed by atoms with van der Waals surface area (Å²) >= 11 is 3.76. The van der Waals surface area contributed by atoms with Gasteiger partial charge in [-0.15, -0.1) is 0 Å². The summed E-state index contributed by atoms with van der Waals surface area (Å²) < 4.78 is 3.75. The Morgan fingerprint density at radius 2 is 1.85 bits per heavy atom. The molecule has 2 nitrogen and oxygen atoms in total. The number of aromatic nitrogens is 1. The third kappa shape index (κ3) is 5.15. The average Bonchev–Trinajstić information content (AvgIpc) is 3.36. The Bertz CT molecular complexity index is 1270. The molecule has 5 heteroatoms. The van der Waals surface area contributed by atoms with E-state index in [1.807, 2.05) is 23.1 Å². The average molecular weight is 585 g/mol. The van der Waals surface area contributed by atoms with E-state index in [2.05, 4.69) is 102 Å². The second-order valence-electron chi connectivity index (χ2n) is 8.12. The van der Waals surface area contributed by atoms with E-state index >= 15 is 0 Å². The molecule has 0 fully saturated rings. The van der Waals surface area contributed by atoms with Gasteiger partial charge in [0.1, 0.15) is 11.2 Å². The van der Waals surface area contributed by atoms with Crippen molar-refractivity contribution in [3.8, 4) is 0 Å². The van der Waals surface area contributed by atoms with Gasteiger partial charge in [-0.1, -0.05) is 65.6 Å². The summed E-state index contributed by atoms with van der Waals surface area (Å²) in [5.74, 6) is 0. The van der Waals surface area contributed by atoms with Crippen LogP contribution in [0.4, 0.5) is 5.69 Å². The monoisotopic (exact) mass is 584 g/mol. The Morgan fingerprint density at radius 3 is 2.70 bits per heavy atom. The molecule has 2 heterocycles. The van der Waals surface area contributed by atoms with Crippen molar-refractivity contribution in [2.75, 3.05) is 11.4 Å². The van der Waals surface area contributed by atoms with E-state index in [0.29, 0.717) is 0 Å². The number of benzene rings is 2. The van der Waals surface area contributed by atoms with E-state index in [1.165, 1.54) is 48.4 Å². The van der Waals surface area contributed by atoms with Crippen molar-refractivity contribution in [1.82, 2.24) is 0 Å². The fraction of sp³-hybridized carbons (Fsp3) is 0.250. The zero-order valence-electron chi connectivity index (χ0n) is 19.1. The Kier molecular flexibility index (Phi) is 8.15. The van der Waals surface area contributed by atoms with Crippen LogP contribution in [-0.4, -0.2) is 6.54 Å². The number of thioether (sulfide) groups is 1. The maximum atomic E-state index is 2.43. The fourth-order valence-electron chi connectivity index (χ4n) is 4.53. The first kappa shape index (κ1) is 24.3. The van der Waals surface area contributed by atoms with Gasteiger partial charge >= 0.3 is 0 Å². The largest absolute Gasteiger partial charge is 1.00 e. The molecule has 0 amide bonds. The normalized spacial score (nSPS) is 18.2. The summed E-state index contributed by atoms with van der Waals surface area (Å²) in [6.07, 6.45) is 15.1. The van der Waals surface area contributed by atoms with Crippen LogP contribution >= 0.6 is 23.1 Å². The fourth-order valence-corrected chi connectivity index (χ4v) is 6.87. The molecular weight excluding hydrogens is 555 g/mol. The van der Waals surface area contributed by atoms with Gasteiger partial charge in [0.15, 0.2) is 0 Å². The zero-order chi connectivity index (χ0) is 21.9. The number of halogens is 1. The second-order valence-corrected chi connectivity index (χ2v) is 10.2. The van der Waals surface area contributed by atoms with Crippen LogP contribution in [0.2, 0.25) is 0 Å². The predicted octanol–water partition coefficient (Wildman–Crippen LogP) is 4.74. The molecule has 2 aromatic carbocycles.